The van der Waals surface area contributed by atoms with Crippen LogP contribution in [0.1, 0.15) is 128 Å². The number of carboxylic acids is 1. The Balaban J connectivity index is 1.21. The second-order valence-corrected chi connectivity index (χ2v) is 24.1. The Kier molecular flexibility index (Phi) is 16.2. The lowest BCUT2D eigenvalue weighted by molar-refractivity contribution is -0.343. The van der Waals surface area contributed by atoms with Crippen molar-refractivity contribution in [3.8, 4) is 0 Å². The fraction of sp³-hybridized carbons (Fsp3) is 0.815. The van der Waals surface area contributed by atoms with E-state index < -0.39 is 155 Å². The Morgan fingerprint density at radius 2 is 1.32 bits per heavy atom. The highest BCUT2D eigenvalue weighted by Gasteiger charge is 2.74. The third-order valence-electron chi connectivity index (χ3n) is 19.9. The number of aliphatic hydroxyl groups excluding tert-OH is 7. The van der Waals surface area contributed by atoms with Gasteiger partial charge in [0.2, 0.25) is 0 Å². The summed E-state index contributed by atoms with van der Waals surface area (Å²) in [4.78, 5) is 51.6. The zero-order valence-corrected chi connectivity index (χ0v) is 44.5. The Hall–Kier alpha value is -3.34. The second-order valence-electron chi connectivity index (χ2n) is 24.1. The number of carbonyl (C=O) groups is 4. The van der Waals surface area contributed by atoms with Crippen LogP contribution in [0.15, 0.2) is 34.9 Å². The predicted molar refractivity (Wildman–Crippen MR) is 258 cm³/mol. The molecule has 4 saturated carbocycles. The number of hydrogen-bond donors (Lipinski definition) is 8. The van der Waals surface area contributed by atoms with Gasteiger partial charge in [-0.2, -0.15) is 0 Å². The molecule has 412 valence electrons. The SMILES string of the molecule is C/C=C(/C)C(=O)O[C@@H]1[C@@H](O)[C@H](O[C@H]2[C@H](OC(C)=O)[C@]3(CO)[C@H](O)C[C@]4(C)C(=CC[C@@H]5[C@@]6(C)CC[C@H](O[C@@H]7O[C@H](C(=O)O)[C@@H](O)[C@H](O)[C@H]7O)[C@](C)(CO)[C@@H]6CC[C@]54C)[C@@H]3CC2(C)C)O[C@H](C)[C@@H]1OC(=O)/C(C)=C\C. The topological polar surface area (TPSA) is 295 Å². The molecule has 8 N–H and O–H groups in total. The number of carbonyl (C=O) groups excluding carboxylic acids is 3. The van der Waals surface area contributed by atoms with E-state index in [0.717, 1.165) is 5.57 Å². The molecule has 6 fully saturated rings. The van der Waals surface area contributed by atoms with Gasteiger partial charge >= 0.3 is 23.9 Å². The van der Waals surface area contributed by atoms with Crippen LogP contribution in [0, 0.1) is 50.2 Å². The van der Waals surface area contributed by atoms with Crippen LogP contribution in [0.25, 0.3) is 0 Å². The number of allylic oxidation sites excluding steroid dienone is 4. The minimum absolute atomic E-state index is 0.00516. The first-order valence-corrected chi connectivity index (χ1v) is 26.0. The molecule has 19 heteroatoms. The molecule has 0 aromatic carbocycles. The van der Waals surface area contributed by atoms with Gasteiger partial charge in [-0.15, -0.1) is 0 Å². The number of hydrogen-bond acceptors (Lipinski definition) is 18. The van der Waals surface area contributed by atoms with E-state index in [1.807, 2.05) is 20.8 Å². The number of aliphatic carboxylic acids is 1. The van der Waals surface area contributed by atoms with E-state index in [1.54, 1.807) is 46.8 Å². The molecule has 7 rings (SSSR count). The van der Waals surface area contributed by atoms with Gasteiger partial charge in [0.15, 0.2) is 30.9 Å². The number of carboxylic acid groups (broad SMARTS) is 1. The molecule has 2 heterocycles. The van der Waals surface area contributed by atoms with Gasteiger partial charge in [-0.05, 0) is 119 Å². The highest BCUT2D eigenvalue weighted by atomic mass is 16.7. The maximum atomic E-state index is 13.3. The molecule has 0 aromatic heterocycles. The van der Waals surface area contributed by atoms with E-state index in [4.69, 9.17) is 33.2 Å². The smallest absolute Gasteiger partial charge is 0.335 e. The average molecular weight is 1040 g/mol. The van der Waals surface area contributed by atoms with Gasteiger partial charge in [-0.25, -0.2) is 14.4 Å². The summed E-state index contributed by atoms with van der Waals surface area (Å²) in [6, 6.07) is 0. The summed E-state index contributed by atoms with van der Waals surface area (Å²) in [7, 11) is 0. The second kappa shape index (κ2) is 20.6. The van der Waals surface area contributed by atoms with Crippen LogP contribution >= 0.6 is 0 Å². The molecule has 0 bridgehead atoms. The van der Waals surface area contributed by atoms with E-state index in [2.05, 4.69) is 26.8 Å². The van der Waals surface area contributed by atoms with Gasteiger partial charge in [0.1, 0.15) is 36.6 Å². The van der Waals surface area contributed by atoms with Crippen LogP contribution in [-0.2, 0) is 52.3 Å². The normalized spacial score (nSPS) is 47.6. The summed E-state index contributed by atoms with van der Waals surface area (Å²) in [5, 5.41) is 89.7. The first-order valence-electron chi connectivity index (χ1n) is 26.0. The van der Waals surface area contributed by atoms with Crippen molar-refractivity contribution in [3.63, 3.8) is 0 Å². The maximum Gasteiger partial charge on any atom is 0.335 e. The fourth-order valence-corrected chi connectivity index (χ4v) is 15.2. The molecule has 0 radical (unpaired) electrons. The van der Waals surface area contributed by atoms with E-state index in [9.17, 15) is 60.0 Å². The molecule has 19 nitrogen and oxygen atoms in total. The monoisotopic (exact) mass is 1030 g/mol. The van der Waals surface area contributed by atoms with Crippen LogP contribution < -0.4 is 0 Å². The Bertz CT molecular complexity index is 2210. The maximum absolute atomic E-state index is 13.3. The molecule has 0 unspecified atom stereocenters. The van der Waals surface area contributed by atoms with E-state index >= 15 is 0 Å². The first kappa shape index (κ1) is 57.4. The minimum Gasteiger partial charge on any atom is -0.479 e. The van der Waals surface area contributed by atoms with Crippen LogP contribution in [0.4, 0.5) is 0 Å². The molecule has 2 saturated heterocycles. The highest BCUT2D eigenvalue weighted by Crippen LogP contribution is 2.76. The number of fused-ring (bicyclic) bond motifs is 7. The molecule has 0 amide bonds. The number of esters is 3. The van der Waals surface area contributed by atoms with Crippen molar-refractivity contribution in [2.75, 3.05) is 13.2 Å². The molecule has 73 heavy (non-hydrogen) atoms. The number of rotatable bonds is 12. The summed E-state index contributed by atoms with van der Waals surface area (Å²) >= 11 is 0. The molecule has 2 aliphatic heterocycles. The third kappa shape index (κ3) is 9.14. The lowest BCUT2D eigenvalue weighted by atomic mass is 9.33. The number of ether oxygens (including phenoxy) is 7. The van der Waals surface area contributed by atoms with Crippen molar-refractivity contribution in [2.45, 2.75) is 214 Å². The van der Waals surface area contributed by atoms with Crippen LogP contribution in [0.2, 0.25) is 0 Å². The van der Waals surface area contributed by atoms with Crippen molar-refractivity contribution in [3.05, 3.63) is 34.9 Å². The largest absolute Gasteiger partial charge is 0.479 e. The molecule has 0 aromatic rings. The van der Waals surface area contributed by atoms with Gasteiger partial charge in [-0.1, -0.05) is 65.3 Å². The van der Waals surface area contributed by atoms with E-state index in [0.29, 0.717) is 38.5 Å². The van der Waals surface area contributed by atoms with Crippen molar-refractivity contribution in [2.24, 2.45) is 50.2 Å². The van der Waals surface area contributed by atoms with Crippen molar-refractivity contribution < 1.29 is 93.2 Å². The summed E-state index contributed by atoms with van der Waals surface area (Å²) < 4.78 is 42.9. The summed E-state index contributed by atoms with van der Waals surface area (Å²) in [6.45, 7) is 20.8. The van der Waals surface area contributed by atoms with Crippen LogP contribution in [0.5, 0.6) is 0 Å². The molecule has 5 aliphatic carbocycles. The summed E-state index contributed by atoms with van der Waals surface area (Å²) in [5.74, 6) is -4.36. The van der Waals surface area contributed by atoms with Crippen molar-refractivity contribution >= 4 is 23.9 Å². The van der Waals surface area contributed by atoms with Gasteiger partial charge in [0.25, 0.3) is 0 Å². The Labute approximate surface area is 428 Å². The molecular formula is C54H82O19. The zero-order chi connectivity index (χ0) is 54.3. The number of aliphatic hydroxyl groups is 7. The van der Waals surface area contributed by atoms with Gasteiger partial charge in [-0.3, -0.25) is 4.79 Å². The average Bonchev–Trinajstić information content (AvgIpc) is 3.32. The molecular weight excluding hydrogens is 953 g/mol. The van der Waals surface area contributed by atoms with Gasteiger partial charge in [0.05, 0.1) is 36.9 Å². The van der Waals surface area contributed by atoms with E-state index in [-0.39, 0.29) is 36.0 Å². The minimum atomic E-state index is -1.88. The third-order valence-corrected chi connectivity index (χ3v) is 19.9. The van der Waals surface area contributed by atoms with E-state index in [1.165, 1.54) is 6.92 Å². The lowest BCUT2D eigenvalue weighted by Gasteiger charge is -2.73. The van der Waals surface area contributed by atoms with Crippen molar-refractivity contribution in [1.29, 1.82) is 0 Å². The Morgan fingerprint density at radius 3 is 1.88 bits per heavy atom. The zero-order valence-electron chi connectivity index (χ0n) is 44.5. The summed E-state index contributed by atoms with van der Waals surface area (Å²) in [6.07, 6.45) is -11.5. The molecule has 22 atom stereocenters. The lowest BCUT2D eigenvalue weighted by Crippen LogP contribution is -2.73. The standard InChI is InChI=1S/C54H82O19/c1-13-25(3)45(65)70-39-27(5)67-48(38(62)40(39)71-46(66)26(4)14-2)73-42-43(68-28(6)57)54(24-56)30(21-49(42,7)8)29-15-16-32-50(9)19-18-34(69-47-37(61)35(59)36(60)41(72-47)44(63)64)51(10,23-55)31(50)17-20-52(32,11)53(29,12)22-33(54)58/h13-15,27,30-43,47-48,55-56,58-62H,16-24H2,1-12H3,(H,63,64)/b25-13-,26-14-/t27-,30+,31-,32-,33-,34+,35+,36+,37-,38-,39+,40-,41+,42+,43+,47-,48+,50+,51-,52-,53-,54+/m1/s1. The quantitative estimate of drug-likeness (QED) is 0.0457. The Morgan fingerprint density at radius 1 is 0.712 bits per heavy atom. The van der Waals surface area contributed by atoms with Crippen LogP contribution in [-0.4, -0.2) is 164 Å². The van der Waals surface area contributed by atoms with Crippen LogP contribution in [0.3, 0.4) is 0 Å². The fourth-order valence-electron chi connectivity index (χ4n) is 15.2. The summed E-state index contributed by atoms with van der Waals surface area (Å²) in [5.41, 5.74) is -3.32. The predicted octanol–water partition coefficient (Wildman–Crippen LogP) is 3.40. The first-order chi connectivity index (χ1) is 34.0. The molecule has 7 aliphatic rings. The van der Waals surface area contributed by atoms with Crippen molar-refractivity contribution in [1.82, 2.24) is 0 Å². The highest BCUT2D eigenvalue weighted by molar-refractivity contribution is 5.88. The van der Waals surface area contributed by atoms with Gasteiger partial charge in [0, 0.05) is 23.5 Å². The van der Waals surface area contributed by atoms with Gasteiger partial charge < -0.3 is 74.0 Å². The molecule has 0 spiro atoms.